The lowest BCUT2D eigenvalue weighted by atomic mass is 10.2. The number of halogens is 1. The smallest absolute Gasteiger partial charge is 0.282 e. The molecule has 0 saturated heterocycles. The number of hydrogen-bond acceptors (Lipinski definition) is 4. The van der Waals surface area contributed by atoms with E-state index < -0.39 is 10.1 Å². The Morgan fingerprint density at radius 3 is 2.47 bits per heavy atom. The van der Waals surface area contributed by atoms with Crippen molar-refractivity contribution in [3.8, 4) is 0 Å². The van der Waals surface area contributed by atoms with Crippen LogP contribution in [0.2, 0.25) is 5.02 Å². The third kappa shape index (κ3) is 2.63. The second-order valence-corrected chi connectivity index (χ2v) is 6.06. The van der Waals surface area contributed by atoms with Crippen molar-refractivity contribution >= 4 is 39.0 Å². The number of hydrogen-bond donors (Lipinski definition) is 1. The van der Waals surface area contributed by atoms with Gasteiger partial charge in [0.05, 0.1) is 17.1 Å². The van der Waals surface area contributed by atoms with E-state index in [0.29, 0.717) is 17.0 Å². The number of carbonyl (C=O) groups is 1. The molecule has 19 heavy (non-hydrogen) atoms. The highest BCUT2D eigenvalue weighted by Crippen LogP contribution is 2.32. The molecule has 0 radical (unpaired) electrons. The maximum absolute atomic E-state index is 11.7. The average molecular weight is 303 g/mol. The molecule has 0 aliphatic carbocycles. The molecule has 8 heteroatoms. The van der Waals surface area contributed by atoms with E-state index in [-0.39, 0.29) is 22.2 Å². The Morgan fingerprint density at radius 2 is 2.00 bits per heavy atom. The zero-order chi connectivity index (χ0) is 14.4. The summed E-state index contributed by atoms with van der Waals surface area (Å²) in [6.07, 6.45) is 0.219. The van der Waals surface area contributed by atoms with E-state index in [9.17, 15) is 13.2 Å². The molecule has 1 N–H and O–H groups in total. The molecule has 1 heterocycles. The Hall–Kier alpha value is -1.44. The van der Waals surface area contributed by atoms with Gasteiger partial charge < -0.3 is 0 Å². The van der Waals surface area contributed by atoms with Crippen molar-refractivity contribution in [2.45, 2.75) is 25.2 Å². The van der Waals surface area contributed by atoms with Crippen LogP contribution in [0.4, 0.5) is 5.69 Å². The number of rotatable bonds is 2. The maximum atomic E-state index is 11.7. The van der Waals surface area contributed by atoms with Crippen molar-refractivity contribution in [3.05, 3.63) is 22.7 Å². The molecule has 0 atom stereocenters. The Balaban J connectivity index is 2.57. The fraction of sp³-hybridized carbons (Fsp3) is 0.273. The minimum absolute atomic E-state index is 0.157. The number of anilines is 1. The van der Waals surface area contributed by atoms with E-state index in [1.165, 1.54) is 17.1 Å². The van der Waals surface area contributed by atoms with E-state index in [1.54, 1.807) is 13.8 Å². The highest BCUT2D eigenvalue weighted by Gasteiger charge is 2.26. The van der Waals surface area contributed by atoms with Gasteiger partial charge in [0.2, 0.25) is 0 Å². The van der Waals surface area contributed by atoms with Crippen molar-refractivity contribution < 1.29 is 17.8 Å². The number of amides is 1. The van der Waals surface area contributed by atoms with Gasteiger partial charge >= 0.3 is 0 Å². The minimum atomic E-state index is -4.39. The molecule has 0 unspecified atom stereocenters. The number of hydrazone groups is 1. The van der Waals surface area contributed by atoms with Gasteiger partial charge in [-0.25, -0.2) is 5.01 Å². The summed E-state index contributed by atoms with van der Waals surface area (Å²) in [4.78, 5) is 11.3. The van der Waals surface area contributed by atoms with Crippen molar-refractivity contribution in [3.63, 3.8) is 0 Å². The van der Waals surface area contributed by atoms with Gasteiger partial charge in [0, 0.05) is 5.71 Å². The van der Waals surface area contributed by atoms with Gasteiger partial charge in [0.1, 0.15) is 4.90 Å². The first-order valence-corrected chi connectivity index (χ1v) is 7.16. The average Bonchev–Trinajstić information content (AvgIpc) is 2.59. The Labute approximate surface area is 115 Å². The molecule has 0 bridgehead atoms. The third-order valence-electron chi connectivity index (χ3n) is 2.67. The molecule has 2 rings (SSSR count). The molecule has 102 valence electrons. The van der Waals surface area contributed by atoms with Gasteiger partial charge in [-0.2, -0.15) is 13.5 Å². The van der Waals surface area contributed by atoms with Gasteiger partial charge in [0.25, 0.3) is 16.0 Å². The predicted octanol–water partition coefficient (Wildman–Crippen LogP) is 2.01. The second-order valence-electron chi connectivity index (χ2n) is 4.26. The first kappa shape index (κ1) is 14.0. The highest BCUT2D eigenvalue weighted by molar-refractivity contribution is 7.86. The van der Waals surface area contributed by atoms with Crippen LogP contribution < -0.4 is 5.01 Å². The summed E-state index contributed by atoms with van der Waals surface area (Å²) >= 11 is 5.82. The van der Waals surface area contributed by atoms with Crippen molar-refractivity contribution in [1.29, 1.82) is 0 Å². The Bertz CT molecular complexity index is 697. The lowest BCUT2D eigenvalue weighted by molar-refractivity contribution is -0.116. The number of nitrogens with zero attached hydrogens (tertiary/aromatic N) is 2. The largest absolute Gasteiger partial charge is 0.296 e. The van der Waals surface area contributed by atoms with E-state index in [4.69, 9.17) is 16.2 Å². The summed E-state index contributed by atoms with van der Waals surface area (Å²) in [6.45, 7) is 3.33. The molecule has 1 aliphatic rings. The number of carbonyl (C=O) groups excluding carboxylic acids is 1. The molecule has 0 aromatic heterocycles. The van der Waals surface area contributed by atoms with Crippen LogP contribution in [-0.4, -0.2) is 24.6 Å². The molecule has 0 spiro atoms. The van der Waals surface area contributed by atoms with Crippen LogP contribution in [-0.2, 0) is 14.9 Å². The van der Waals surface area contributed by atoms with Crippen LogP contribution >= 0.6 is 11.6 Å². The standard InChI is InChI=1S/C11H11ClN2O4S/c1-6-3-10(19(16,17)18)8(12)5-9(6)14-11(15)4-7(2)13-14/h3,5H,4H2,1-2H3,(H,16,17,18). The van der Waals surface area contributed by atoms with Crippen LogP contribution in [0.1, 0.15) is 18.9 Å². The molecule has 1 amide bonds. The topological polar surface area (TPSA) is 87.0 Å². The SMILES string of the molecule is CC1=NN(c2cc(Cl)c(S(=O)(=O)O)cc2C)C(=O)C1. The fourth-order valence-electron chi connectivity index (χ4n) is 1.81. The van der Waals surface area contributed by atoms with Crippen LogP contribution in [0.25, 0.3) is 0 Å². The van der Waals surface area contributed by atoms with E-state index in [1.807, 2.05) is 0 Å². The van der Waals surface area contributed by atoms with Gasteiger partial charge in [0.15, 0.2) is 0 Å². The van der Waals surface area contributed by atoms with Crippen LogP contribution in [0, 0.1) is 6.92 Å². The van der Waals surface area contributed by atoms with Gasteiger partial charge in [-0.1, -0.05) is 11.6 Å². The summed E-state index contributed by atoms with van der Waals surface area (Å²) in [5.41, 5.74) is 1.54. The van der Waals surface area contributed by atoms with Crippen LogP contribution in [0.15, 0.2) is 22.1 Å². The molecule has 1 aromatic rings. The summed E-state index contributed by atoms with van der Waals surface area (Å²) in [5, 5.41) is 5.09. The van der Waals surface area contributed by atoms with E-state index in [2.05, 4.69) is 5.10 Å². The fourth-order valence-corrected chi connectivity index (χ4v) is 2.90. The molecular weight excluding hydrogens is 292 g/mol. The molecule has 1 aliphatic heterocycles. The Kier molecular flexibility index (Phi) is 3.38. The molecule has 0 fully saturated rings. The third-order valence-corrected chi connectivity index (χ3v) is 3.99. The van der Waals surface area contributed by atoms with Gasteiger partial charge in [-0.05, 0) is 31.5 Å². The zero-order valence-corrected chi connectivity index (χ0v) is 11.8. The first-order chi connectivity index (χ1) is 8.70. The predicted molar refractivity (Wildman–Crippen MR) is 71.2 cm³/mol. The van der Waals surface area contributed by atoms with Crippen molar-refractivity contribution in [1.82, 2.24) is 0 Å². The maximum Gasteiger partial charge on any atom is 0.296 e. The second kappa shape index (κ2) is 4.59. The first-order valence-electron chi connectivity index (χ1n) is 5.35. The minimum Gasteiger partial charge on any atom is -0.282 e. The molecule has 1 aromatic carbocycles. The van der Waals surface area contributed by atoms with Crippen molar-refractivity contribution in [2.75, 3.05) is 5.01 Å². The Morgan fingerprint density at radius 1 is 1.37 bits per heavy atom. The molecule has 0 saturated carbocycles. The lowest BCUT2D eigenvalue weighted by Gasteiger charge is -2.16. The van der Waals surface area contributed by atoms with Gasteiger partial charge in [-0.3, -0.25) is 9.35 Å². The van der Waals surface area contributed by atoms with Gasteiger partial charge in [-0.15, -0.1) is 0 Å². The monoisotopic (exact) mass is 302 g/mol. The van der Waals surface area contributed by atoms with E-state index in [0.717, 1.165) is 0 Å². The van der Waals surface area contributed by atoms with E-state index >= 15 is 0 Å². The summed E-state index contributed by atoms with van der Waals surface area (Å²) in [6, 6.07) is 2.52. The summed E-state index contributed by atoms with van der Waals surface area (Å²) < 4.78 is 31.3. The summed E-state index contributed by atoms with van der Waals surface area (Å²) in [5.74, 6) is -0.212. The normalized spacial score (nSPS) is 15.9. The quantitative estimate of drug-likeness (QED) is 0.847. The number of aryl methyl sites for hydroxylation is 1. The van der Waals surface area contributed by atoms with Crippen molar-refractivity contribution in [2.24, 2.45) is 5.10 Å². The highest BCUT2D eigenvalue weighted by atomic mass is 35.5. The van der Waals surface area contributed by atoms with Crippen LogP contribution in [0.3, 0.4) is 0 Å². The summed E-state index contributed by atoms with van der Waals surface area (Å²) in [7, 11) is -4.39. The zero-order valence-electron chi connectivity index (χ0n) is 10.2. The number of benzene rings is 1. The molecule has 6 nitrogen and oxygen atoms in total. The molecular formula is C11H11ClN2O4S. The van der Waals surface area contributed by atoms with Crippen LogP contribution in [0.5, 0.6) is 0 Å². The lowest BCUT2D eigenvalue weighted by Crippen LogP contribution is -2.20.